The number of carbonyl (C=O) groups is 2. The van der Waals surface area contributed by atoms with Crippen molar-refractivity contribution in [1.82, 2.24) is 10.2 Å². The molecule has 0 aromatic heterocycles. The van der Waals surface area contributed by atoms with Crippen molar-refractivity contribution >= 4 is 45.0 Å². The first-order chi connectivity index (χ1) is 12.0. The van der Waals surface area contributed by atoms with Crippen LogP contribution in [-0.4, -0.2) is 56.6 Å². The Labute approximate surface area is 161 Å². The molecule has 0 saturated carbocycles. The molecule has 0 radical (unpaired) electrons. The molecule has 138 valence electrons. The quantitative estimate of drug-likeness (QED) is 0.650. The zero-order valence-corrected chi connectivity index (χ0v) is 16.5. The molecule has 0 unspecified atom stereocenters. The molecule has 0 spiro atoms. The monoisotopic (exact) mass is 431 g/mol. The number of methoxy groups -OCH3 is 1. The molecular weight excluding hydrogens is 410 g/mol. The van der Waals surface area contributed by atoms with E-state index in [1.807, 2.05) is 6.07 Å². The number of hydrogen-bond donors (Lipinski definition) is 2. The highest BCUT2D eigenvalue weighted by Crippen LogP contribution is 2.25. The van der Waals surface area contributed by atoms with E-state index in [9.17, 15) is 9.59 Å². The van der Waals surface area contributed by atoms with E-state index >= 15 is 0 Å². The van der Waals surface area contributed by atoms with E-state index in [-0.39, 0.29) is 17.7 Å². The normalized spacial score (nSPS) is 15.8. The first-order valence-corrected chi connectivity index (χ1v) is 9.40. The van der Waals surface area contributed by atoms with E-state index in [0.717, 1.165) is 30.4 Å². The van der Waals surface area contributed by atoms with Gasteiger partial charge in [-0.25, -0.2) is 0 Å². The fraction of sp³-hybridized carbons (Fsp3) is 0.529. The molecule has 1 saturated heterocycles. The number of halogens is 2. The molecule has 1 aliphatic heterocycles. The molecule has 25 heavy (non-hydrogen) atoms. The van der Waals surface area contributed by atoms with Crippen molar-refractivity contribution in [1.29, 1.82) is 0 Å². The molecule has 2 rings (SSSR count). The van der Waals surface area contributed by atoms with Gasteiger partial charge in [0, 0.05) is 24.0 Å². The zero-order valence-electron chi connectivity index (χ0n) is 14.2. The maximum atomic E-state index is 12.2. The van der Waals surface area contributed by atoms with Gasteiger partial charge in [-0.3, -0.25) is 14.5 Å². The number of nitrogens with one attached hydrogen (secondary N) is 2. The summed E-state index contributed by atoms with van der Waals surface area (Å²) in [7, 11) is 1.61. The van der Waals surface area contributed by atoms with Crippen LogP contribution in [-0.2, 0) is 14.3 Å². The Kier molecular flexibility index (Phi) is 8.15. The summed E-state index contributed by atoms with van der Waals surface area (Å²) in [5.74, 6) is -0.0212. The van der Waals surface area contributed by atoms with Gasteiger partial charge in [-0.2, -0.15) is 0 Å². The third-order valence-corrected chi connectivity index (χ3v) is 4.94. The van der Waals surface area contributed by atoms with Gasteiger partial charge in [0.25, 0.3) is 0 Å². The van der Waals surface area contributed by atoms with Gasteiger partial charge in [-0.1, -0.05) is 27.5 Å². The molecule has 1 heterocycles. The molecular formula is C17H23BrClN3O3. The van der Waals surface area contributed by atoms with Gasteiger partial charge >= 0.3 is 0 Å². The Morgan fingerprint density at radius 2 is 2.08 bits per heavy atom. The highest BCUT2D eigenvalue weighted by atomic mass is 79.9. The lowest BCUT2D eigenvalue weighted by Crippen LogP contribution is -2.43. The van der Waals surface area contributed by atoms with E-state index in [4.69, 9.17) is 16.3 Å². The van der Waals surface area contributed by atoms with Crippen LogP contribution in [0.15, 0.2) is 22.7 Å². The number of rotatable bonds is 7. The Bertz CT molecular complexity index is 607. The van der Waals surface area contributed by atoms with E-state index in [0.29, 0.717) is 30.4 Å². The highest BCUT2D eigenvalue weighted by Gasteiger charge is 2.25. The Balaban J connectivity index is 1.74. The van der Waals surface area contributed by atoms with Crippen molar-refractivity contribution in [2.24, 2.45) is 5.92 Å². The van der Waals surface area contributed by atoms with E-state index in [1.54, 1.807) is 19.2 Å². The number of nitrogens with zero attached hydrogens (tertiary/aromatic N) is 1. The minimum absolute atomic E-state index is 0.0112. The number of likely N-dealkylation sites (tertiary alicyclic amines) is 1. The fourth-order valence-electron chi connectivity index (χ4n) is 2.76. The summed E-state index contributed by atoms with van der Waals surface area (Å²) in [4.78, 5) is 26.3. The van der Waals surface area contributed by atoms with Gasteiger partial charge in [0.1, 0.15) is 0 Å². The Morgan fingerprint density at radius 3 is 2.72 bits per heavy atom. The molecule has 2 N–H and O–H groups in total. The number of anilines is 1. The van der Waals surface area contributed by atoms with Crippen molar-refractivity contribution in [2.45, 2.75) is 12.8 Å². The van der Waals surface area contributed by atoms with Crippen LogP contribution in [0.25, 0.3) is 0 Å². The standard InChI is InChI=1S/C17H23BrClN3O3/c1-25-9-6-20-17(24)12-4-7-22(8-5-12)11-16(23)21-15-3-2-13(18)10-14(15)19/h2-3,10,12H,4-9,11H2,1H3,(H,20,24)(H,21,23). The van der Waals surface area contributed by atoms with Crippen molar-refractivity contribution in [3.05, 3.63) is 27.7 Å². The van der Waals surface area contributed by atoms with Gasteiger partial charge < -0.3 is 15.4 Å². The maximum absolute atomic E-state index is 12.2. The van der Waals surface area contributed by atoms with Crippen LogP contribution in [0.1, 0.15) is 12.8 Å². The second kappa shape index (κ2) is 10.1. The number of piperidine rings is 1. The molecule has 6 nitrogen and oxygen atoms in total. The molecule has 1 fully saturated rings. The van der Waals surface area contributed by atoms with Gasteiger partial charge in [0.05, 0.1) is 23.9 Å². The van der Waals surface area contributed by atoms with Crippen LogP contribution in [0, 0.1) is 5.92 Å². The zero-order chi connectivity index (χ0) is 18.2. The summed E-state index contributed by atoms with van der Waals surface area (Å²) >= 11 is 9.44. The molecule has 0 atom stereocenters. The summed E-state index contributed by atoms with van der Waals surface area (Å²) in [5, 5.41) is 6.19. The molecule has 0 bridgehead atoms. The van der Waals surface area contributed by atoms with Crippen LogP contribution in [0.4, 0.5) is 5.69 Å². The average molecular weight is 433 g/mol. The SMILES string of the molecule is COCCNC(=O)C1CCN(CC(=O)Nc2ccc(Br)cc2Cl)CC1. The minimum atomic E-state index is -0.104. The maximum Gasteiger partial charge on any atom is 0.238 e. The molecule has 2 amide bonds. The summed E-state index contributed by atoms with van der Waals surface area (Å²) in [5.41, 5.74) is 0.599. The molecule has 0 aliphatic carbocycles. The number of benzene rings is 1. The average Bonchev–Trinajstić information content (AvgIpc) is 2.58. The number of hydrogen-bond acceptors (Lipinski definition) is 4. The van der Waals surface area contributed by atoms with Crippen LogP contribution in [0.2, 0.25) is 5.02 Å². The summed E-state index contributed by atoms with van der Waals surface area (Å²) in [6.45, 7) is 2.80. The first kappa shape index (κ1) is 20.2. The highest BCUT2D eigenvalue weighted by molar-refractivity contribution is 9.10. The van der Waals surface area contributed by atoms with Crippen molar-refractivity contribution < 1.29 is 14.3 Å². The molecule has 8 heteroatoms. The van der Waals surface area contributed by atoms with Crippen molar-refractivity contribution in [2.75, 3.05) is 45.2 Å². The number of carbonyl (C=O) groups excluding carboxylic acids is 2. The summed E-state index contributed by atoms with van der Waals surface area (Å²) in [6.07, 6.45) is 1.51. The Morgan fingerprint density at radius 1 is 1.36 bits per heavy atom. The van der Waals surface area contributed by atoms with E-state index in [2.05, 4.69) is 31.5 Å². The van der Waals surface area contributed by atoms with Gasteiger partial charge in [0.2, 0.25) is 11.8 Å². The number of amides is 2. The third kappa shape index (κ3) is 6.58. The lowest BCUT2D eigenvalue weighted by atomic mass is 9.96. The van der Waals surface area contributed by atoms with Crippen molar-refractivity contribution in [3.63, 3.8) is 0 Å². The fourth-order valence-corrected chi connectivity index (χ4v) is 3.48. The predicted octanol–water partition coefficient (Wildman–Crippen LogP) is 2.52. The predicted molar refractivity (Wildman–Crippen MR) is 102 cm³/mol. The van der Waals surface area contributed by atoms with Gasteiger partial charge in [-0.05, 0) is 44.1 Å². The minimum Gasteiger partial charge on any atom is -0.383 e. The largest absolute Gasteiger partial charge is 0.383 e. The van der Waals surface area contributed by atoms with Crippen LogP contribution >= 0.6 is 27.5 Å². The summed E-state index contributed by atoms with van der Waals surface area (Å²) in [6, 6.07) is 5.33. The van der Waals surface area contributed by atoms with E-state index < -0.39 is 0 Å². The number of ether oxygens (including phenoxy) is 1. The third-order valence-electron chi connectivity index (χ3n) is 4.14. The lowest BCUT2D eigenvalue weighted by Gasteiger charge is -2.30. The Hall–Kier alpha value is -1.15. The summed E-state index contributed by atoms with van der Waals surface area (Å²) < 4.78 is 5.79. The van der Waals surface area contributed by atoms with Crippen molar-refractivity contribution in [3.8, 4) is 0 Å². The molecule has 1 aromatic carbocycles. The topological polar surface area (TPSA) is 70.7 Å². The van der Waals surface area contributed by atoms with E-state index in [1.165, 1.54) is 0 Å². The first-order valence-electron chi connectivity index (χ1n) is 8.23. The van der Waals surface area contributed by atoms with Crippen LogP contribution < -0.4 is 10.6 Å². The van der Waals surface area contributed by atoms with Gasteiger partial charge in [-0.15, -0.1) is 0 Å². The van der Waals surface area contributed by atoms with Gasteiger partial charge in [0.15, 0.2) is 0 Å². The van der Waals surface area contributed by atoms with Crippen LogP contribution in [0.3, 0.4) is 0 Å². The second-order valence-electron chi connectivity index (χ2n) is 6.01. The molecule has 1 aromatic rings. The smallest absolute Gasteiger partial charge is 0.238 e. The lowest BCUT2D eigenvalue weighted by molar-refractivity contribution is -0.126. The van der Waals surface area contributed by atoms with Crippen LogP contribution in [0.5, 0.6) is 0 Å². The molecule has 1 aliphatic rings. The second-order valence-corrected chi connectivity index (χ2v) is 7.33.